The number of hydrogen-bond acceptors (Lipinski definition) is 7. The lowest BCUT2D eigenvalue weighted by Gasteiger charge is -2.07. The molecule has 5 nitrogen and oxygen atoms in total. The largest absolute Gasteiger partial charge is 0.423 e. The Kier molecular flexibility index (Phi) is 4.77. The summed E-state index contributed by atoms with van der Waals surface area (Å²) in [5.41, 5.74) is 3.45. The van der Waals surface area contributed by atoms with Crippen molar-refractivity contribution in [2.45, 2.75) is 30.6 Å². The van der Waals surface area contributed by atoms with Crippen LogP contribution in [0.25, 0.3) is 11.0 Å². The van der Waals surface area contributed by atoms with Crippen LogP contribution in [0.2, 0.25) is 0 Å². The van der Waals surface area contributed by atoms with Crippen molar-refractivity contribution in [2.75, 3.05) is 6.26 Å². The zero-order valence-electron chi connectivity index (χ0n) is 13.1. The standard InChI is InChI=1S/C16H16N2O3S2/c1-9-4-12-11(6-15(19)20-13(12)5-10(9)2)7-23-16-18-17-14(21-16)8-22-3/h4-6H,7-8H2,1-3H3. The average molecular weight is 348 g/mol. The molecule has 3 rings (SSSR count). The van der Waals surface area contributed by atoms with Crippen LogP contribution in [0, 0.1) is 13.8 Å². The van der Waals surface area contributed by atoms with Crippen LogP contribution < -0.4 is 5.63 Å². The number of fused-ring (bicyclic) bond motifs is 1. The van der Waals surface area contributed by atoms with E-state index in [1.54, 1.807) is 11.8 Å². The Morgan fingerprint density at radius 2 is 1.83 bits per heavy atom. The van der Waals surface area contributed by atoms with Crippen molar-refractivity contribution in [3.05, 3.63) is 51.2 Å². The summed E-state index contributed by atoms with van der Waals surface area (Å²) in [5, 5.41) is 9.46. The van der Waals surface area contributed by atoms with E-state index in [-0.39, 0.29) is 5.63 Å². The highest BCUT2D eigenvalue weighted by Crippen LogP contribution is 2.27. The molecule has 0 atom stereocenters. The topological polar surface area (TPSA) is 69.1 Å². The lowest BCUT2D eigenvalue weighted by atomic mass is 10.0. The first kappa shape index (κ1) is 16.1. The molecule has 0 bridgehead atoms. The maximum Gasteiger partial charge on any atom is 0.336 e. The first-order valence-corrected chi connectivity index (χ1v) is 9.43. The molecule has 0 saturated carbocycles. The van der Waals surface area contributed by atoms with Crippen molar-refractivity contribution in [3.8, 4) is 0 Å². The number of aromatic nitrogens is 2. The summed E-state index contributed by atoms with van der Waals surface area (Å²) in [4.78, 5) is 11.8. The Hall–Kier alpha value is -1.73. The lowest BCUT2D eigenvalue weighted by molar-refractivity contribution is 0.426. The summed E-state index contributed by atoms with van der Waals surface area (Å²) in [7, 11) is 0. The molecule has 0 fully saturated rings. The van der Waals surface area contributed by atoms with Gasteiger partial charge in [-0.15, -0.1) is 10.2 Å². The molecule has 0 aliphatic carbocycles. The predicted molar refractivity (Wildman–Crippen MR) is 93.0 cm³/mol. The van der Waals surface area contributed by atoms with E-state index in [1.807, 2.05) is 26.2 Å². The second-order valence-electron chi connectivity index (χ2n) is 5.21. The van der Waals surface area contributed by atoms with Gasteiger partial charge in [-0.05, 0) is 48.9 Å². The summed E-state index contributed by atoms with van der Waals surface area (Å²) < 4.78 is 10.9. The monoisotopic (exact) mass is 348 g/mol. The van der Waals surface area contributed by atoms with Crippen molar-refractivity contribution in [1.29, 1.82) is 0 Å². The Labute approximate surface area is 141 Å². The van der Waals surface area contributed by atoms with Crippen LogP contribution in [0.15, 0.2) is 37.1 Å². The SMILES string of the molecule is CSCc1nnc(SCc2cc(=O)oc3cc(C)c(C)cc23)o1. The Bertz CT molecular complexity index is 902. The Balaban J connectivity index is 1.89. The normalized spacial score (nSPS) is 11.3. The molecule has 0 saturated heterocycles. The van der Waals surface area contributed by atoms with E-state index in [0.717, 1.165) is 22.1 Å². The van der Waals surface area contributed by atoms with Crippen molar-refractivity contribution in [2.24, 2.45) is 0 Å². The molecule has 7 heteroatoms. The van der Waals surface area contributed by atoms with Gasteiger partial charge < -0.3 is 8.83 Å². The second-order valence-corrected chi connectivity index (χ2v) is 7.00. The molecule has 0 radical (unpaired) electrons. The molecule has 1 aromatic carbocycles. The smallest absolute Gasteiger partial charge is 0.336 e. The van der Waals surface area contributed by atoms with Gasteiger partial charge in [0.15, 0.2) is 0 Å². The van der Waals surface area contributed by atoms with Gasteiger partial charge >= 0.3 is 5.63 Å². The molecule has 0 amide bonds. The fourth-order valence-electron chi connectivity index (χ4n) is 2.22. The number of aryl methyl sites for hydroxylation is 2. The van der Waals surface area contributed by atoms with E-state index in [0.29, 0.717) is 28.2 Å². The molecular weight excluding hydrogens is 332 g/mol. The highest BCUT2D eigenvalue weighted by atomic mass is 32.2. The van der Waals surface area contributed by atoms with Crippen molar-refractivity contribution < 1.29 is 8.83 Å². The summed E-state index contributed by atoms with van der Waals surface area (Å²) in [6.07, 6.45) is 1.98. The molecule has 0 spiro atoms. The first-order valence-electron chi connectivity index (χ1n) is 7.05. The molecular formula is C16H16N2O3S2. The van der Waals surface area contributed by atoms with Crippen LogP contribution in [0.3, 0.4) is 0 Å². The molecule has 3 aromatic rings. The molecule has 2 heterocycles. The molecule has 120 valence electrons. The molecule has 0 aliphatic rings. The molecule has 0 unspecified atom stereocenters. The third kappa shape index (κ3) is 3.61. The Morgan fingerprint density at radius 1 is 1.04 bits per heavy atom. The van der Waals surface area contributed by atoms with E-state index >= 15 is 0 Å². The van der Waals surface area contributed by atoms with Crippen LogP contribution in [-0.4, -0.2) is 16.5 Å². The van der Waals surface area contributed by atoms with Crippen molar-refractivity contribution in [3.63, 3.8) is 0 Å². The van der Waals surface area contributed by atoms with Crippen LogP contribution in [0.4, 0.5) is 0 Å². The third-order valence-electron chi connectivity index (χ3n) is 3.51. The minimum absolute atomic E-state index is 0.343. The van der Waals surface area contributed by atoms with Gasteiger partial charge in [0.1, 0.15) is 5.58 Å². The lowest BCUT2D eigenvalue weighted by Crippen LogP contribution is -2.00. The van der Waals surface area contributed by atoms with E-state index in [1.165, 1.54) is 17.8 Å². The number of hydrogen-bond donors (Lipinski definition) is 0. The summed E-state index contributed by atoms with van der Waals surface area (Å²) in [6, 6.07) is 5.49. The minimum atomic E-state index is -0.343. The maximum atomic E-state index is 11.8. The summed E-state index contributed by atoms with van der Waals surface area (Å²) >= 11 is 3.05. The first-order chi connectivity index (χ1) is 11.1. The number of benzene rings is 1. The molecule has 0 N–H and O–H groups in total. The van der Waals surface area contributed by atoms with Gasteiger partial charge in [-0.2, -0.15) is 11.8 Å². The Morgan fingerprint density at radius 3 is 2.61 bits per heavy atom. The van der Waals surface area contributed by atoms with Crippen LogP contribution >= 0.6 is 23.5 Å². The van der Waals surface area contributed by atoms with E-state index in [4.69, 9.17) is 8.83 Å². The molecule has 2 aromatic heterocycles. The molecule has 0 aliphatic heterocycles. The van der Waals surface area contributed by atoms with Crippen molar-refractivity contribution in [1.82, 2.24) is 10.2 Å². The van der Waals surface area contributed by atoms with Gasteiger partial charge in [0, 0.05) is 17.2 Å². The third-order valence-corrected chi connectivity index (χ3v) is 4.91. The fraction of sp³-hybridized carbons (Fsp3) is 0.312. The van der Waals surface area contributed by atoms with Crippen LogP contribution in [0.1, 0.15) is 22.6 Å². The van der Waals surface area contributed by atoms with E-state index in [2.05, 4.69) is 16.3 Å². The fourth-order valence-corrected chi connectivity index (χ4v) is 3.36. The summed E-state index contributed by atoms with van der Waals surface area (Å²) in [5.74, 6) is 1.89. The van der Waals surface area contributed by atoms with Gasteiger partial charge in [0.05, 0.1) is 5.75 Å². The average Bonchev–Trinajstić information content (AvgIpc) is 2.95. The number of rotatable bonds is 5. The molecule has 23 heavy (non-hydrogen) atoms. The van der Waals surface area contributed by atoms with Gasteiger partial charge in [-0.25, -0.2) is 4.79 Å². The number of thioether (sulfide) groups is 2. The zero-order chi connectivity index (χ0) is 16.4. The highest BCUT2D eigenvalue weighted by Gasteiger charge is 2.11. The quantitative estimate of drug-likeness (QED) is 0.511. The van der Waals surface area contributed by atoms with Gasteiger partial charge in [-0.3, -0.25) is 0 Å². The predicted octanol–water partition coefficient (Wildman–Crippen LogP) is 3.95. The van der Waals surface area contributed by atoms with E-state index in [9.17, 15) is 4.79 Å². The minimum Gasteiger partial charge on any atom is -0.423 e. The van der Waals surface area contributed by atoms with Crippen LogP contribution in [0.5, 0.6) is 0 Å². The van der Waals surface area contributed by atoms with E-state index < -0.39 is 0 Å². The highest BCUT2D eigenvalue weighted by molar-refractivity contribution is 7.98. The van der Waals surface area contributed by atoms with Crippen molar-refractivity contribution >= 4 is 34.5 Å². The maximum absolute atomic E-state index is 11.8. The zero-order valence-corrected chi connectivity index (χ0v) is 14.7. The van der Waals surface area contributed by atoms with Crippen LogP contribution in [-0.2, 0) is 11.5 Å². The summed E-state index contributed by atoms with van der Waals surface area (Å²) in [6.45, 7) is 4.05. The van der Waals surface area contributed by atoms with Gasteiger partial charge in [-0.1, -0.05) is 11.8 Å². The van der Waals surface area contributed by atoms with Gasteiger partial charge in [0.25, 0.3) is 5.22 Å². The number of nitrogens with zero attached hydrogens (tertiary/aromatic N) is 2. The second kappa shape index (κ2) is 6.80. The van der Waals surface area contributed by atoms with Gasteiger partial charge in [0.2, 0.25) is 5.89 Å².